The first-order valence-corrected chi connectivity index (χ1v) is 15.7. The van der Waals surface area contributed by atoms with Crippen LogP contribution in [0.1, 0.15) is 81.0 Å². The van der Waals surface area contributed by atoms with Crippen LogP contribution in [0.25, 0.3) is 0 Å². The number of hydrogen-bond acceptors (Lipinski definition) is 13. The molecule has 22 heteroatoms. The van der Waals surface area contributed by atoms with E-state index in [0.29, 0.717) is 28.4 Å². The molecule has 2 unspecified atom stereocenters. The molecule has 0 saturated carbocycles. The topological polar surface area (TPSA) is 296 Å². The largest absolute Gasteiger partial charge is 1.00 e. The second-order valence-corrected chi connectivity index (χ2v) is 11.9. The number of carboxylic acids is 2. The van der Waals surface area contributed by atoms with Crippen LogP contribution < -0.4 is 51.0 Å². The van der Waals surface area contributed by atoms with E-state index in [0.717, 1.165) is 23.2 Å². The normalized spacial score (nSPS) is 17.3. The number of esters is 2. The van der Waals surface area contributed by atoms with Crippen molar-refractivity contribution in [3.8, 4) is 0 Å². The number of amides is 6. The first-order chi connectivity index (χ1) is 23.8. The van der Waals surface area contributed by atoms with Crippen LogP contribution in [0.15, 0.2) is 45.3 Å². The van der Waals surface area contributed by atoms with Crippen molar-refractivity contribution < 1.29 is 97.1 Å². The number of fused-ring (bicyclic) bond motifs is 2. The molecule has 5 N–H and O–H groups in total. The van der Waals surface area contributed by atoms with Crippen LogP contribution in [-0.2, 0) is 38.2 Å². The smallest absolute Gasteiger partial charge is 1.00 e. The molecule has 2 saturated heterocycles. The fourth-order valence-electron chi connectivity index (χ4n) is 4.21. The zero-order chi connectivity index (χ0) is 39.2. The van der Waals surface area contributed by atoms with Gasteiger partial charge in [0.25, 0.3) is 17.8 Å². The summed E-state index contributed by atoms with van der Waals surface area (Å²) in [5, 5.41) is 20.6. The van der Waals surface area contributed by atoms with Gasteiger partial charge in [-0.25, -0.2) is 9.59 Å². The maximum Gasteiger partial charge on any atom is 1.00 e. The Morgan fingerprint density at radius 2 is 1.21 bits per heavy atom. The van der Waals surface area contributed by atoms with Crippen LogP contribution in [0.2, 0.25) is 0 Å². The minimum atomic E-state index is -1.08. The summed E-state index contributed by atoms with van der Waals surface area (Å²) in [6.07, 6.45) is 1.13. The van der Waals surface area contributed by atoms with Crippen molar-refractivity contribution >= 4 is 104 Å². The molecule has 4 heterocycles. The molecular weight excluding hydrogens is 871 g/mol. The van der Waals surface area contributed by atoms with Crippen LogP contribution in [0, 0.1) is 6.65 Å². The Labute approximate surface area is 345 Å². The van der Waals surface area contributed by atoms with Gasteiger partial charge >= 0.3 is 52.8 Å². The van der Waals surface area contributed by atoms with E-state index in [1.807, 2.05) is 0 Å². The van der Waals surface area contributed by atoms with E-state index in [-0.39, 0.29) is 83.7 Å². The quantitative estimate of drug-likeness (QED) is 0.0580. The summed E-state index contributed by atoms with van der Waals surface area (Å²) in [5.74, 6) is -5.61. The van der Waals surface area contributed by atoms with Crippen LogP contribution in [-0.4, -0.2) is 81.4 Å². The van der Waals surface area contributed by atoms with E-state index in [1.165, 1.54) is 0 Å². The SMILES string of the molecule is CC(=O)O.CC(=O)[O-].Cl.NC1CCC(=O)NC1=O.O=C1CCC(N2C(=O)c3ccc(Br)cc3C2=O)C(=O)N1.O=C1OC(=O)c2cc(Br)ccc21.[C-]#[O+].[Na+]. The first kappa shape index (κ1) is 51.0. The number of ether oxygens (including phenoxy) is 1. The molecule has 0 bridgehead atoms. The molecule has 2 aromatic carbocycles. The van der Waals surface area contributed by atoms with Crippen molar-refractivity contribution in [3.05, 3.63) is 74.2 Å². The van der Waals surface area contributed by atoms with Crippen molar-refractivity contribution in [2.75, 3.05) is 0 Å². The summed E-state index contributed by atoms with van der Waals surface area (Å²) in [4.78, 5) is 109. The van der Waals surface area contributed by atoms with Gasteiger partial charge in [-0.05, 0) is 56.2 Å². The molecule has 0 spiro atoms. The first-order valence-electron chi connectivity index (χ1n) is 14.1. The number of rotatable bonds is 1. The number of carboxylic acid groups (broad SMARTS) is 2. The number of hydrogen-bond donors (Lipinski definition) is 4. The fourth-order valence-corrected chi connectivity index (χ4v) is 4.93. The van der Waals surface area contributed by atoms with Gasteiger partial charge in [-0.3, -0.25) is 49.1 Å². The molecule has 0 aliphatic carbocycles. The van der Waals surface area contributed by atoms with Crippen molar-refractivity contribution in [1.82, 2.24) is 15.5 Å². The number of cyclic esters (lactones) is 2. The third kappa shape index (κ3) is 15.8. The van der Waals surface area contributed by atoms with Gasteiger partial charge in [0.05, 0.1) is 28.3 Å². The van der Waals surface area contributed by atoms with Crippen LogP contribution >= 0.6 is 44.3 Å². The minimum absolute atomic E-state index is 0. The summed E-state index contributed by atoms with van der Waals surface area (Å²) >= 11 is 6.44. The van der Waals surface area contributed by atoms with Gasteiger partial charge < -0.3 is 25.5 Å². The van der Waals surface area contributed by atoms with E-state index in [2.05, 4.69) is 53.9 Å². The molecule has 2 fully saturated rings. The summed E-state index contributed by atoms with van der Waals surface area (Å²) < 4.78 is 13.3. The molecule has 4 aliphatic rings. The molecule has 2 aromatic rings. The number of nitrogens with two attached hydrogens (primary N) is 1. The van der Waals surface area contributed by atoms with Gasteiger partial charge in [0.2, 0.25) is 23.6 Å². The second-order valence-electron chi connectivity index (χ2n) is 10.1. The number of halogens is 3. The van der Waals surface area contributed by atoms with E-state index in [4.69, 9.17) is 30.2 Å². The predicted octanol–water partition coefficient (Wildman–Crippen LogP) is -2.40. The van der Waals surface area contributed by atoms with Crippen molar-refractivity contribution in [1.29, 1.82) is 0 Å². The van der Waals surface area contributed by atoms with E-state index >= 15 is 0 Å². The van der Waals surface area contributed by atoms with Crippen LogP contribution in [0.3, 0.4) is 0 Å². The van der Waals surface area contributed by atoms with E-state index in [1.54, 1.807) is 36.4 Å². The Kier molecular flexibility index (Phi) is 23.3. The number of piperidine rings is 2. The Morgan fingerprint density at radius 3 is 1.66 bits per heavy atom. The summed E-state index contributed by atoms with van der Waals surface area (Å²) in [5.41, 5.74) is 6.49. The number of carbonyl (C=O) groups is 10. The van der Waals surface area contributed by atoms with Gasteiger partial charge in [-0.1, -0.05) is 31.9 Å². The molecule has 2 atom stereocenters. The van der Waals surface area contributed by atoms with Crippen molar-refractivity contribution in [3.63, 3.8) is 0 Å². The number of nitrogens with zero attached hydrogens (tertiary/aromatic N) is 1. The third-order valence-electron chi connectivity index (χ3n) is 6.29. The molecule has 6 rings (SSSR count). The molecule has 0 radical (unpaired) electrons. The standard InChI is InChI=1S/C13H9BrN2O4.C8H3BrO3.C5H8N2O2.2C2H4O2.CO.ClH.Na/c14-6-1-2-7-8(5-6)13(20)16(12(7)19)9-3-4-10(17)15-11(9)18;9-4-1-2-5-6(3-4)8(11)12-7(5)10;6-3-1-2-4(8)7-5(3)9;2*1-2(3)4;1-2;;/h1-2,5,9H,3-4H2,(H,15,17,18);1-3H;3H,1-2,6H2,(H,7,8,9);2*1H3,(H,3,4);;1H;/q;;;;;;;+1/p-1. The minimum Gasteiger partial charge on any atom is 1.00 e. The summed E-state index contributed by atoms with van der Waals surface area (Å²) in [6.45, 7) is 6.56. The molecule has 6 amide bonds. The fraction of sp³-hybridized carbons (Fsp3) is 0.258. The maximum atomic E-state index is 12.3. The Balaban J connectivity index is 0. The van der Waals surface area contributed by atoms with Gasteiger partial charge in [0, 0.05) is 34.7 Å². The average Bonchev–Trinajstić information content (AvgIpc) is 3.46. The Bertz CT molecular complexity index is 1790. The molecule has 18 nitrogen and oxygen atoms in total. The van der Waals surface area contributed by atoms with E-state index < -0.39 is 53.7 Å². The zero-order valence-corrected chi connectivity index (χ0v) is 33.9. The van der Waals surface area contributed by atoms with Crippen LogP contribution in [0.5, 0.6) is 0 Å². The van der Waals surface area contributed by atoms with Crippen molar-refractivity contribution in [2.24, 2.45) is 5.73 Å². The van der Waals surface area contributed by atoms with Crippen molar-refractivity contribution in [2.45, 2.75) is 51.6 Å². The monoisotopic (exact) mass is 896 g/mol. The Morgan fingerprint density at radius 1 is 0.811 bits per heavy atom. The number of benzene rings is 2. The zero-order valence-electron chi connectivity index (χ0n) is 27.9. The number of nitrogens with one attached hydrogen (secondary N) is 2. The number of carbonyl (C=O) groups excluding carboxylic acids is 9. The molecule has 4 aliphatic heterocycles. The number of imide groups is 3. The van der Waals surface area contributed by atoms with Gasteiger partial charge in [-0.2, -0.15) is 0 Å². The third-order valence-corrected chi connectivity index (χ3v) is 7.28. The van der Waals surface area contributed by atoms with Gasteiger partial charge in [0.1, 0.15) is 6.04 Å². The Hall–Kier alpha value is -4.11. The summed E-state index contributed by atoms with van der Waals surface area (Å²) in [6, 6.07) is 8.19. The summed E-state index contributed by atoms with van der Waals surface area (Å²) in [7, 11) is 0. The van der Waals surface area contributed by atoms with Crippen LogP contribution in [0.4, 0.5) is 0 Å². The maximum absolute atomic E-state index is 12.3. The second kappa shape index (κ2) is 24.3. The number of aliphatic carboxylic acids is 2. The van der Waals surface area contributed by atoms with E-state index in [9.17, 15) is 38.4 Å². The van der Waals surface area contributed by atoms with Gasteiger partial charge in [-0.15, -0.1) is 12.4 Å². The predicted molar refractivity (Wildman–Crippen MR) is 180 cm³/mol. The van der Waals surface area contributed by atoms with Gasteiger partial charge in [0.15, 0.2) is 0 Å². The molecule has 53 heavy (non-hydrogen) atoms. The molecule has 0 aromatic heterocycles. The average molecular weight is 899 g/mol. The molecule has 278 valence electrons. The molecular formula is C31H28Br2ClN4NaO14.